The van der Waals surface area contributed by atoms with Crippen molar-refractivity contribution in [2.24, 2.45) is 0 Å². The van der Waals surface area contributed by atoms with Crippen molar-refractivity contribution >= 4 is 34.5 Å². The van der Waals surface area contributed by atoms with Crippen molar-refractivity contribution in [1.82, 2.24) is 9.78 Å². The minimum absolute atomic E-state index is 0.562. The molecule has 0 radical (unpaired) electrons. The zero-order valence-electron chi connectivity index (χ0n) is 14.4. The number of nitrogens with zero attached hydrogens (tertiary/aromatic N) is 2. The molecule has 2 aromatic carbocycles. The Bertz CT molecular complexity index is 1160. The average Bonchev–Trinajstić information content (AvgIpc) is 3.27. The molecule has 0 fully saturated rings. The first-order chi connectivity index (χ1) is 13.1. The van der Waals surface area contributed by atoms with Crippen molar-refractivity contribution in [3.05, 3.63) is 92.9 Å². The number of benzene rings is 2. The number of thiophene rings is 1. The normalized spacial score (nSPS) is 10.5. The maximum atomic E-state index is 6.39. The molecule has 5 heteroatoms. The van der Waals surface area contributed by atoms with Crippen molar-refractivity contribution in [3.8, 4) is 28.1 Å². The predicted octanol–water partition coefficient (Wildman–Crippen LogP) is 6.62. The topological polar surface area (TPSA) is 17.8 Å². The monoisotopic (exact) mass is 408 g/mol. The van der Waals surface area contributed by atoms with E-state index in [1.807, 2.05) is 66.3 Å². The van der Waals surface area contributed by atoms with Gasteiger partial charge >= 0.3 is 0 Å². The third-order valence-electron chi connectivity index (χ3n) is 4.03. The van der Waals surface area contributed by atoms with Crippen LogP contribution in [0, 0.1) is 18.8 Å². The molecule has 0 aliphatic carbocycles. The number of aromatic nitrogens is 2. The molecule has 27 heavy (non-hydrogen) atoms. The Labute approximate surface area is 172 Å². The molecular weight excluding hydrogens is 395 g/mol. The highest BCUT2D eigenvalue weighted by Crippen LogP contribution is 2.34. The van der Waals surface area contributed by atoms with Crippen LogP contribution >= 0.6 is 34.5 Å². The third kappa shape index (κ3) is 3.79. The van der Waals surface area contributed by atoms with Crippen LogP contribution in [0.15, 0.2) is 66.9 Å². The van der Waals surface area contributed by atoms with E-state index in [1.54, 1.807) is 17.4 Å². The smallest absolute Gasteiger partial charge is 0.0870 e. The number of hydrogen-bond acceptors (Lipinski definition) is 2. The van der Waals surface area contributed by atoms with Crippen LogP contribution in [0.2, 0.25) is 10.0 Å². The Kier molecular flexibility index (Phi) is 5.05. The van der Waals surface area contributed by atoms with Gasteiger partial charge in [0.2, 0.25) is 0 Å². The van der Waals surface area contributed by atoms with Gasteiger partial charge in [-0.3, -0.25) is 0 Å². The van der Waals surface area contributed by atoms with Gasteiger partial charge in [-0.2, -0.15) is 5.10 Å². The van der Waals surface area contributed by atoms with E-state index in [2.05, 4.69) is 23.0 Å². The summed E-state index contributed by atoms with van der Waals surface area (Å²) in [5, 5.41) is 5.68. The van der Waals surface area contributed by atoms with Gasteiger partial charge in [-0.05, 0) is 55.0 Å². The van der Waals surface area contributed by atoms with Crippen LogP contribution in [-0.4, -0.2) is 9.78 Å². The van der Waals surface area contributed by atoms with Crippen LogP contribution in [0.4, 0.5) is 0 Å². The summed E-state index contributed by atoms with van der Waals surface area (Å²) in [5.41, 5.74) is 3.89. The number of aryl methyl sites for hydroxylation is 1. The van der Waals surface area contributed by atoms with E-state index in [0.717, 1.165) is 32.3 Å². The zero-order valence-corrected chi connectivity index (χ0v) is 16.7. The van der Waals surface area contributed by atoms with Crippen LogP contribution in [-0.2, 0) is 0 Å². The fraction of sp³-hybridized carbons (Fsp3) is 0.0455. The van der Waals surface area contributed by atoms with Gasteiger partial charge in [0.1, 0.15) is 0 Å². The lowest BCUT2D eigenvalue weighted by molar-refractivity contribution is 0.890. The molecule has 0 atom stereocenters. The summed E-state index contributed by atoms with van der Waals surface area (Å²) < 4.78 is 1.86. The first kappa shape index (κ1) is 17.9. The Hall–Kier alpha value is -2.51. The summed E-state index contributed by atoms with van der Waals surface area (Å²) in [6.45, 7) is 2.04. The van der Waals surface area contributed by atoms with Gasteiger partial charge in [0.05, 0.1) is 32.4 Å². The molecule has 4 rings (SSSR count). The van der Waals surface area contributed by atoms with Crippen LogP contribution in [0.5, 0.6) is 0 Å². The summed E-state index contributed by atoms with van der Waals surface area (Å²) in [4.78, 5) is 2.09. The quantitative estimate of drug-likeness (QED) is 0.341. The first-order valence-corrected chi connectivity index (χ1v) is 9.86. The summed E-state index contributed by atoms with van der Waals surface area (Å²) in [6, 6.07) is 19.5. The minimum Gasteiger partial charge on any atom is -0.230 e. The van der Waals surface area contributed by atoms with Gasteiger partial charge in [-0.1, -0.05) is 53.2 Å². The summed E-state index contributed by atoms with van der Waals surface area (Å²) >= 11 is 14.1. The Morgan fingerprint density at radius 1 is 0.963 bits per heavy atom. The highest BCUT2D eigenvalue weighted by atomic mass is 35.5. The van der Waals surface area contributed by atoms with Gasteiger partial charge in [0.25, 0.3) is 0 Å². The predicted molar refractivity (Wildman–Crippen MR) is 114 cm³/mol. The lowest BCUT2D eigenvalue weighted by atomic mass is 10.2. The van der Waals surface area contributed by atoms with Crippen molar-refractivity contribution in [1.29, 1.82) is 0 Å². The fourth-order valence-corrected chi connectivity index (χ4v) is 4.20. The van der Waals surface area contributed by atoms with E-state index >= 15 is 0 Å². The molecule has 2 nitrogen and oxygen atoms in total. The minimum atomic E-state index is 0.562. The molecule has 0 spiro atoms. The number of hydrogen-bond donors (Lipinski definition) is 0. The molecule has 0 aliphatic heterocycles. The van der Waals surface area contributed by atoms with Gasteiger partial charge < -0.3 is 0 Å². The second kappa shape index (κ2) is 7.62. The molecule has 0 amide bonds. The maximum absolute atomic E-state index is 6.39. The van der Waals surface area contributed by atoms with E-state index in [1.165, 1.54) is 0 Å². The molecule has 0 N–H and O–H groups in total. The van der Waals surface area contributed by atoms with E-state index in [0.29, 0.717) is 10.0 Å². The van der Waals surface area contributed by atoms with Crippen molar-refractivity contribution in [3.63, 3.8) is 0 Å². The van der Waals surface area contributed by atoms with Crippen LogP contribution in [0.25, 0.3) is 16.3 Å². The standard InChI is InChI=1S/C22H14Cl2N2S/c1-15-14-25-26(20-11-8-17(23)13-19(20)24)22(15)21-12-10-18(27-21)9-7-16-5-3-2-4-6-16/h2-6,8,10-14H,1H3. The summed E-state index contributed by atoms with van der Waals surface area (Å²) in [7, 11) is 0. The van der Waals surface area contributed by atoms with E-state index in [9.17, 15) is 0 Å². The molecule has 0 saturated heterocycles. The Morgan fingerprint density at radius 2 is 1.78 bits per heavy atom. The third-order valence-corrected chi connectivity index (χ3v) is 5.58. The number of halogens is 2. The largest absolute Gasteiger partial charge is 0.230 e. The number of rotatable bonds is 2. The fourth-order valence-electron chi connectivity index (χ4n) is 2.75. The Balaban J connectivity index is 1.72. The van der Waals surface area contributed by atoms with Crippen LogP contribution < -0.4 is 0 Å². The van der Waals surface area contributed by atoms with E-state index in [-0.39, 0.29) is 0 Å². The van der Waals surface area contributed by atoms with Crippen LogP contribution in [0.3, 0.4) is 0 Å². The molecule has 2 heterocycles. The Morgan fingerprint density at radius 3 is 2.56 bits per heavy atom. The van der Waals surface area contributed by atoms with Crippen molar-refractivity contribution < 1.29 is 0 Å². The first-order valence-electron chi connectivity index (χ1n) is 8.29. The highest BCUT2D eigenvalue weighted by Gasteiger charge is 2.15. The molecule has 4 aromatic rings. The lowest BCUT2D eigenvalue weighted by Crippen LogP contribution is -1.99. The molecule has 0 saturated carbocycles. The molecule has 2 aromatic heterocycles. The lowest BCUT2D eigenvalue weighted by Gasteiger charge is -2.09. The van der Waals surface area contributed by atoms with Gasteiger partial charge in [-0.25, -0.2) is 4.68 Å². The SMILES string of the molecule is Cc1cnn(-c2ccc(Cl)cc2Cl)c1-c1ccc(C#Cc2ccccc2)s1. The molecular formula is C22H14Cl2N2S. The average molecular weight is 409 g/mol. The van der Waals surface area contributed by atoms with Gasteiger partial charge in [0, 0.05) is 10.6 Å². The van der Waals surface area contributed by atoms with E-state index < -0.39 is 0 Å². The summed E-state index contributed by atoms with van der Waals surface area (Å²) in [6.07, 6.45) is 1.84. The van der Waals surface area contributed by atoms with Gasteiger partial charge in [-0.15, -0.1) is 11.3 Å². The molecule has 0 aliphatic rings. The van der Waals surface area contributed by atoms with Crippen molar-refractivity contribution in [2.75, 3.05) is 0 Å². The van der Waals surface area contributed by atoms with Crippen molar-refractivity contribution in [2.45, 2.75) is 6.92 Å². The molecule has 0 bridgehead atoms. The summed E-state index contributed by atoms with van der Waals surface area (Å²) in [5.74, 6) is 6.43. The highest BCUT2D eigenvalue weighted by molar-refractivity contribution is 7.16. The maximum Gasteiger partial charge on any atom is 0.0870 e. The molecule has 132 valence electrons. The van der Waals surface area contributed by atoms with E-state index in [4.69, 9.17) is 23.2 Å². The second-order valence-electron chi connectivity index (χ2n) is 5.96. The van der Waals surface area contributed by atoms with Gasteiger partial charge in [0.15, 0.2) is 0 Å². The second-order valence-corrected chi connectivity index (χ2v) is 7.89. The van der Waals surface area contributed by atoms with Crippen LogP contribution in [0.1, 0.15) is 16.0 Å². The zero-order chi connectivity index (χ0) is 18.8. The molecule has 0 unspecified atom stereocenters.